The Morgan fingerprint density at radius 2 is 2.00 bits per heavy atom. The minimum Gasteiger partial charge on any atom is -0.364 e. The zero-order valence-electron chi connectivity index (χ0n) is 13.9. The lowest BCUT2D eigenvalue weighted by Gasteiger charge is -2.27. The van der Waals surface area contributed by atoms with E-state index in [1.54, 1.807) is 12.1 Å². The zero-order chi connectivity index (χ0) is 19.1. The average molecular weight is 399 g/mol. The lowest BCUT2D eigenvalue weighted by Crippen LogP contribution is -2.23. The van der Waals surface area contributed by atoms with Gasteiger partial charge in [0.05, 0.1) is 11.0 Å². The number of halogens is 2. The Bertz CT molecular complexity index is 981. The van der Waals surface area contributed by atoms with Crippen molar-refractivity contribution in [2.24, 2.45) is 0 Å². The van der Waals surface area contributed by atoms with Crippen LogP contribution in [0.25, 0.3) is 0 Å². The predicted octanol–water partition coefficient (Wildman–Crippen LogP) is 4.13. The van der Waals surface area contributed by atoms with Crippen molar-refractivity contribution in [2.45, 2.75) is 23.8 Å². The van der Waals surface area contributed by atoms with Crippen LogP contribution in [0.15, 0.2) is 41.3 Å². The second-order valence-electron chi connectivity index (χ2n) is 6.21. The summed E-state index contributed by atoms with van der Waals surface area (Å²) in [7, 11) is -3.64. The number of nitro benzene ring substituents is 1. The summed E-state index contributed by atoms with van der Waals surface area (Å²) in [6.45, 7) is 0.638. The molecule has 0 saturated carbocycles. The fraction of sp³-hybridized carbons (Fsp3) is 0.294. The van der Waals surface area contributed by atoms with Crippen molar-refractivity contribution in [2.75, 3.05) is 17.7 Å². The van der Waals surface area contributed by atoms with Gasteiger partial charge in [-0.1, -0.05) is 17.7 Å². The van der Waals surface area contributed by atoms with Gasteiger partial charge in [-0.05, 0) is 42.7 Å². The van der Waals surface area contributed by atoms with Crippen LogP contribution in [0, 0.1) is 15.9 Å². The Labute approximate surface area is 155 Å². The van der Waals surface area contributed by atoms with Crippen molar-refractivity contribution in [3.63, 3.8) is 0 Å². The van der Waals surface area contributed by atoms with Gasteiger partial charge in [-0.25, -0.2) is 12.8 Å². The fourth-order valence-corrected chi connectivity index (χ4v) is 4.18. The van der Waals surface area contributed by atoms with Gasteiger partial charge in [0.15, 0.2) is 9.84 Å². The molecule has 2 aromatic carbocycles. The highest BCUT2D eigenvalue weighted by Crippen LogP contribution is 2.39. The molecule has 1 atom stereocenters. The molecule has 0 N–H and O–H groups in total. The topological polar surface area (TPSA) is 80.5 Å². The summed E-state index contributed by atoms with van der Waals surface area (Å²) in [5.74, 6) is -0.808. The van der Waals surface area contributed by atoms with Gasteiger partial charge < -0.3 is 4.90 Å². The third-order valence-corrected chi connectivity index (χ3v) is 5.90. The minimum atomic E-state index is -3.64. The van der Waals surface area contributed by atoms with Gasteiger partial charge in [0.25, 0.3) is 5.69 Å². The van der Waals surface area contributed by atoms with Crippen LogP contribution >= 0.6 is 11.6 Å². The maximum Gasteiger partial charge on any atom is 0.288 e. The molecule has 1 fully saturated rings. The summed E-state index contributed by atoms with van der Waals surface area (Å²) in [6, 6.07) is 8.47. The van der Waals surface area contributed by atoms with Crippen LogP contribution in [-0.2, 0) is 9.84 Å². The van der Waals surface area contributed by atoms with E-state index in [0.29, 0.717) is 17.8 Å². The molecule has 138 valence electrons. The molecule has 0 amide bonds. The van der Waals surface area contributed by atoms with E-state index in [0.717, 1.165) is 19.1 Å². The highest BCUT2D eigenvalue weighted by molar-refractivity contribution is 7.90. The highest BCUT2D eigenvalue weighted by Gasteiger charge is 2.29. The first kappa shape index (κ1) is 18.6. The summed E-state index contributed by atoms with van der Waals surface area (Å²) >= 11 is 5.87. The summed E-state index contributed by atoms with van der Waals surface area (Å²) in [5.41, 5.74) is 1.08. The molecule has 1 heterocycles. The maximum absolute atomic E-state index is 14.2. The van der Waals surface area contributed by atoms with E-state index < -0.39 is 20.6 Å². The Morgan fingerprint density at radius 1 is 1.27 bits per heavy atom. The molecule has 6 nitrogen and oxygen atoms in total. The molecule has 0 aromatic heterocycles. The maximum atomic E-state index is 14.2. The number of benzene rings is 2. The monoisotopic (exact) mass is 398 g/mol. The normalized spacial score (nSPS) is 17.5. The Balaban J connectivity index is 1.98. The number of anilines is 1. The number of nitrogens with zero attached hydrogens (tertiary/aromatic N) is 2. The Hall–Kier alpha value is -2.19. The number of hydrogen-bond acceptors (Lipinski definition) is 5. The van der Waals surface area contributed by atoms with Gasteiger partial charge >= 0.3 is 0 Å². The molecule has 0 radical (unpaired) electrons. The minimum absolute atomic E-state index is 0.0619. The quantitative estimate of drug-likeness (QED) is 0.571. The largest absolute Gasteiger partial charge is 0.364 e. The van der Waals surface area contributed by atoms with Gasteiger partial charge in [-0.2, -0.15) is 0 Å². The van der Waals surface area contributed by atoms with Crippen molar-refractivity contribution in [3.8, 4) is 0 Å². The first-order valence-corrected chi connectivity index (χ1v) is 10.2. The van der Waals surface area contributed by atoms with Crippen LogP contribution in [0.5, 0.6) is 0 Å². The van der Waals surface area contributed by atoms with E-state index in [1.807, 2.05) is 4.90 Å². The fourth-order valence-electron chi connectivity index (χ4n) is 3.27. The van der Waals surface area contributed by atoms with Crippen LogP contribution < -0.4 is 4.90 Å². The summed E-state index contributed by atoms with van der Waals surface area (Å²) in [4.78, 5) is 12.2. The molecule has 1 unspecified atom stereocenters. The number of hydrogen-bond donors (Lipinski definition) is 0. The lowest BCUT2D eigenvalue weighted by molar-refractivity contribution is -0.384. The molecule has 1 saturated heterocycles. The van der Waals surface area contributed by atoms with Gasteiger partial charge in [-0.15, -0.1) is 0 Å². The molecule has 2 aromatic rings. The van der Waals surface area contributed by atoms with Gasteiger partial charge in [0.2, 0.25) is 0 Å². The summed E-state index contributed by atoms with van der Waals surface area (Å²) < 4.78 is 37.4. The van der Waals surface area contributed by atoms with Gasteiger partial charge in [0, 0.05) is 24.6 Å². The molecular weight excluding hydrogens is 383 g/mol. The molecule has 9 heteroatoms. The second kappa shape index (κ2) is 6.85. The SMILES string of the molecule is CS(=O)(=O)c1ccc(N2CCCC2c2ccc(Cl)c([N+](=O)[O-])c2)cc1F. The zero-order valence-corrected chi connectivity index (χ0v) is 15.4. The van der Waals surface area contributed by atoms with Crippen LogP contribution in [0.4, 0.5) is 15.8 Å². The molecule has 0 spiro atoms. The second-order valence-corrected chi connectivity index (χ2v) is 8.60. The molecule has 1 aliphatic rings. The number of nitro groups is 1. The summed E-state index contributed by atoms with van der Waals surface area (Å²) in [5, 5.41) is 11.2. The van der Waals surface area contributed by atoms with Gasteiger partial charge in [0.1, 0.15) is 15.7 Å². The van der Waals surface area contributed by atoms with E-state index in [1.165, 1.54) is 24.3 Å². The average Bonchev–Trinajstić information content (AvgIpc) is 3.03. The van der Waals surface area contributed by atoms with Crippen LogP contribution in [0.2, 0.25) is 5.02 Å². The molecule has 3 rings (SSSR count). The van der Waals surface area contributed by atoms with Crippen LogP contribution in [0.1, 0.15) is 24.4 Å². The van der Waals surface area contributed by atoms with Crippen LogP contribution in [-0.4, -0.2) is 26.1 Å². The molecular formula is C17H16ClFN2O4S. The van der Waals surface area contributed by atoms with E-state index >= 15 is 0 Å². The first-order chi connectivity index (χ1) is 12.2. The van der Waals surface area contributed by atoms with E-state index in [4.69, 9.17) is 11.6 Å². The molecule has 0 bridgehead atoms. The Kier molecular flexibility index (Phi) is 4.90. The highest BCUT2D eigenvalue weighted by atomic mass is 35.5. The van der Waals surface area contributed by atoms with E-state index in [-0.39, 0.29) is 21.6 Å². The third-order valence-electron chi connectivity index (χ3n) is 4.45. The molecule has 1 aliphatic heterocycles. The van der Waals surface area contributed by atoms with Crippen molar-refractivity contribution in [3.05, 3.63) is 62.9 Å². The van der Waals surface area contributed by atoms with Crippen LogP contribution in [0.3, 0.4) is 0 Å². The van der Waals surface area contributed by atoms with Crippen molar-refractivity contribution >= 4 is 32.8 Å². The predicted molar refractivity (Wildman–Crippen MR) is 96.9 cm³/mol. The summed E-state index contributed by atoms with van der Waals surface area (Å²) in [6.07, 6.45) is 2.53. The third kappa shape index (κ3) is 3.52. The first-order valence-electron chi connectivity index (χ1n) is 7.88. The van der Waals surface area contributed by atoms with E-state index in [2.05, 4.69) is 0 Å². The van der Waals surface area contributed by atoms with E-state index in [9.17, 15) is 22.9 Å². The van der Waals surface area contributed by atoms with Crippen molar-refractivity contribution < 1.29 is 17.7 Å². The standard InChI is InChI=1S/C17H16ClFN2O4S/c1-26(24,25)17-7-5-12(10-14(17)19)20-8-2-3-15(20)11-4-6-13(18)16(9-11)21(22)23/h4-7,9-10,15H,2-3,8H2,1H3. The number of rotatable bonds is 4. The van der Waals surface area contributed by atoms with Crippen molar-refractivity contribution in [1.82, 2.24) is 0 Å². The van der Waals surface area contributed by atoms with Crippen molar-refractivity contribution in [1.29, 1.82) is 0 Å². The Morgan fingerprint density at radius 3 is 2.62 bits per heavy atom. The molecule has 26 heavy (non-hydrogen) atoms. The number of sulfone groups is 1. The molecule has 0 aliphatic carbocycles. The van der Waals surface area contributed by atoms with Gasteiger partial charge in [-0.3, -0.25) is 10.1 Å². The smallest absolute Gasteiger partial charge is 0.288 e. The lowest BCUT2D eigenvalue weighted by atomic mass is 10.0.